The molecule has 0 bridgehead atoms. The van der Waals surface area contributed by atoms with Crippen molar-refractivity contribution in [2.75, 3.05) is 19.6 Å². The van der Waals surface area contributed by atoms with Crippen LogP contribution in [-0.2, 0) is 43.2 Å². The number of urea groups is 2. The topological polar surface area (TPSA) is 442 Å². The van der Waals surface area contributed by atoms with Crippen molar-refractivity contribution in [2.24, 2.45) is 5.11 Å². The summed E-state index contributed by atoms with van der Waals surface area (Å²) in [6.07, 6.45) is -2.16. The summed E-state index contributed by atoms with van der Waals surface area (Å²) in [6, 6.07) is -9.68. The fourth-order valence-electron chi connectivity index (χ4n) is 4.76. The number of carbonyl (C=O) groups is 11. The number of hydrogen-bond donors (Lipinski definition) is 13. The highest BCUT2D eigenvalue weighted by molar-refractivity contribution is 5.89. The Hall–Kier alpha value is -6.92. The third-order valence-corrected chi connectivity index (χ3v) is 7.76. The van der Waals surface area contributed by atoms with E-state index in [2.05, 4.69) is 36.6 Å². The third-order valence-electron chi connectivity index (χ3n) is 7.76. The molecule has 0 saturated heterocycles. The molecule has 0 aliphatic rings. The molecule has 13 N–H and O–H groups in total. The molecule has 324 valence electrons. The Morgan fingerprint density at radius 3 is 1.22 bits per heavy atom. The van der Waals surface area contributed by atoms with E-state index in [4.69, 9.17) is 26.0 Å². The van der Waals surface area contributed by atoms with Gasteiger partial charge in [-0.15, -0.1) is 0 Å². The fourth-order valence-corrected chi connectivity index (χ4v) is 4.76. The number of amides is 7. The first-order chi connectivity index (χ1) is 27.3. The minimum Gasteiger partial charge on any atom is -0.481 e. The average Bonchev–Trinajstić information content (AvgIpc) is 3.13. The molecule has 0 heterocycles. The van der Waals surface area contributed by atoms with Crippen LogP contribution in [0.3, 0.4) is 0 Å². The van der Waals surface area contributed by atoms with Gasteiger partial charge in [0.2, 0.25) is 17.7 Å². The van der Waals surface area contributed by atoms with Crippen molar-refractivity contribution in [3.8, 4) is 0 Å². The van der Waals surface area contributed by atoms with Crippen molar-refractivity contribution >= 4 is 65.6 Å². The highest BCUT2D eigenvalue weighted by atomic mass is 16.4. The van der Waals surface area contributed by atoms with Gasteiger partial charge in [0, 0.05) is 37.3 Å². The number of nitrogens with one attached hydrogen (secondary N) is 7. The van der Waals surface area contributed by atoms with Gasteiger partial charge < -0.3 is 67.9 Å². The molecule has 58 heavy (non-hydrogen) atoms. The molecule has 0 aliphatic heterocycles. The number of unbranched alkanes of at least 4 members (excludes halogenated alkanes) is 2. The van der Waals surface area contributed by atoms with Crippen LogP contribution < -0.4 is 37.2 Å². The van der Waals surface area contributed by atoms with Crippen LogP contribution in [0.5, 0.6) is 0 Å². The minimum absolute atomic E-state index is 0.0342. The van der Waals surface area contributed by atoms with Crippen LogP contribution in [0.1, 0.15) is 77.0 Å². The lowest BCUT2D eigenvalue weighted by Crippen LogP contribution is -2.51. The van der Waals surface area contributed by atoms with E-state index >= 15 is 0 Å². The largest absolute Gasteiger partial charge is 0.481 e. The molecule has 0 aromatic heterocycles. The highest BCUT2D eigenvalue weighted by Crippen LogP contribution is 2.06. The van der Waals surface area contributed by atoms with Crippen molar-refractivity contribution in [1.82, 2.24) is 37.2 Å². The monoisotopic (exact) mass is 832 g/mol. The first-order valence-electron chi connectivity index (χ1n) is 17.6. The van der Waals surface area contributed by atoms with E-state index in [1.165, 1.54) is 0 Å². The van der Waals surface area contributed by atoms with Crippen molar-refractivity contribution in [3.05, 3.63) is 10.4 Å². The van der Waals surface area contributed by atoms with Crippen LogP contribution in [0.15, 0.2) is 5.11 Å². The van der Waals surface area contributed by atoms with Gasteiger partial charge in [-0.2, -0.15) is 0 Å². The zero-order chi connectivity index (χ0) is 44.2. The molecule has 0 aliphatic carbocycles. The Labute approximate surface area is 328 Å². The number of rotatable bonds is 31. The van der Waals surface area contributed by atoms with E-state index in [9.17, 15) is 63.0 Å². The van der Waals surface area contributed by atoms with Gasteiger partial charge in [0.25, 0.3) is 0 Å². The van der Waals surface area contributed by atoms with E-state index in [1.54, 1.807) is 0 Å². The van der Waals surface area contributed by atoms with E-state index in [1.807, 2.05) is 10.6 Å². The standard InChI is InChI=1S/C31H48N10O17/c32-41-35-15-22(43)36-16(25(48)34-14-4-2-6-18(27(51)52)38-31(58)40-20(29(55)56)9-12-24(46)47)7-10-21(42)33-13-3-1-5-17(26(49)50)37-30(57)39-19(28(53)54)8-11-23(44)45/h16-20H,1-15H2,(H,33,42)(H,34,48)(H,36,43)(H,44,45)(H,46,47)(H,49,50)(H,51,52)(H,53,54)(H,55,56)(H2,37,39,57)(H2,38,40,58)/t16-,17-,18-,19-,20-/m0/s1. The molecule has 0 rings (SSSR count). The van der Waals surface area contributed by atoms with Crippen LogP contribution >= 0.6 is 0 Å². The van der Waals surface area contributed by atoms with Crippen molar-refractivity contribution in [2.45, 2.75) is 107 Å². The minimum atomic E-state index is -1.59. The summed E-state index contributed by atoms with van der Waals surface area (Å²) in [5, 5.41) is 73.3. The van der Waals surface area contributed by atoms with Gasteiger partial charge in [-0.3, -0.25) is 24.0 Å². The Balaban J connectivity index is 4.96. The Morgan fingerprint density at radius 1 is 0.466 bits per heavy atom. The van der Waals surface area contributed by atoms with Crippen LogP contribution in [-0.4, -0.2) is 146 Å². The third kappa shape index (κ3) is 24.5. The van der Waals surface area contributed by atoms with Gasteiger partial charge in [0.1, 0.15) is 36.8 Å². The molecule has 5 atom stereocenters. The van der Waals surface area contributed by atoms with Gasteiger partial charge in [0.05, 0.1) is 0 Å². The summed E-state index contributed by atoms with van der Waals surface area (Å²) in [4.78, 5) is 131. The van der Waals surface area contributed by atoms with Crippen molar-refractivity contribution in [3.63, 3.8) is 0 Å². The second kappa shape index (κ2) is 28.5. The van der Waals surface area contributed by atoms with Gasteiger partial charge in [0.15, 0.2) is 0 Å². The summed E-state index contributed by atoms with van der Waals surface area (Å²) in [6.45, 7) is -0.678. The summed E-state index contributed by atoms with van der Waals surface area (Å²) >= 11 is 0. The second-order valence-corrected chi connectivity index (χ2v) is 12.3. The molecular formula is C31H48N10O17. The van der Waals surface area contributed by atoms with Gasteiger partial charge in [-0.05, 0) is 63.3 Å². The number of nitrogens with zero attached hydrogens (tertiary/aromatic N) is 3. The lowest BCUT2D eigenvalue weighted by Gasteiger charge is -2.19. The maximum absolute atomic E-state index is 12.9. The Morgan fingerprint density at radius 2 is 0.845 bits per heavy atom. The van der Waals surface area contributed by atoms with Gasteiger partial charge in [-0.25, -0.2) is 28.8 Å². The molecule has 0 unspecified atom stereocenters. The van der Waals surface area contributed by atoms with Crippen LogP contribution in [0, 0.1) is 0 Å². The molecule has 7 amide bonds. The SMILES string of the molecule is [N-]=[N+]=NCC(=O)N[C@@H](CCC(=O)NCCCC[C@H](NC(=O)N[C@@H](CCC(=O)O)C(=O)O)C(=O)O)C(=O)NCCCC[C@H](NC(=O)N[C@@H](CCC(=O)O)C(=O)O)C(=O)O. The van der Waals surface area contributed by atoms with E-state index in [-0.39, 0.29) is 64.5 Å². The molecular weight excluding hydrogens is 784 g/mol. The normalized spacial score (nSPS) is 13.0. The van der Waals surface area contributed by atoms with E-state index < -0.39 is 128 Å². The number of azide groups is 1. The lowest BCUT2D eigenvalue weighted by molar-refractivity contribution is -0.142. The summed E-state index contributed by atoms with van der Waals surface area (Å²) in [5.74, 6) is -10.7. The average molecular weight is 833 g/mol. The van der Waals surface area contributed by atoms with E-state index in [0.717, 1.165) is 0 Å². The van der Waals surface area contributed by atoms with Crippen LogP contribution in [0.25, 0.3) is 10.4 Å². The summed E-state index contributed by atoms with van der Waals surface area (Å²) in [5.41, 5.74) is 8.48. The number of carboxylic acid groups (broad SMARTS) is 6. The molecule has 0 fully saturated rings. The fraction of sp³-hybridized carbons (Fsp3) is 0.645. The molecule has 0 aromatic rings. The lowest BCUT2D eigenvalue weighted by atomic mass is 10.1. The van der Waals surface area contributed by atoms with E-state index in [0.29, 0.717) is 0 Å². The molecule has 0 saturated carbocycles. The van der Waals surface area contributed by atoms with Crippen molar-refractivity contribution < 1.29 is 83.4 Å². The van der Waals surface area contributed by atoms with Gasteiger partial charge >= 0.3 is 47.9 Å². The predicted molar refractivity (Wildman–Crippen MR) is 192 cm³/mol. The number of carbonyl (C=O) groups excluding carboxylic acids is 5. The van der Waals surface area contributed by atoms with Crippen LogP contribution in [0.4, 0.5) is 9.59 Å². The zero-order valence-electron chi connectivity index (χ0n) is 31.0. The molecule has 0 aromatic carbocycles. The quantitative estimate of drug-likeness (QED) is 0.0160. The zero-order valence-corrected chi connectivity index (χ0v) is 31.0. The maximum Gasteiger partial charge on any atom is 0.326 e. The molecule has 0 spiro atoms. The Bertz CT molecular complexity index is 1540. The Kier molecular flexibility index (Phi) is 25.1. The number of aliphatic carboxylic acids is 6. The molecule has 27 nitrogen and oxygen atoms in total. The summed E-state index contributed by atoms with van der Waals surface area (Å²) in [7, 11) is 0. The smallest absolute Gasteiger partial charge is 0.326 e. The first-order valence-corrected chi connectivity index (χ1v) is 17.6. The molecule has 27 heteroatoms. The summed E-state index contributed by atoms with van der Waals surface area (Å²) < 4.78 is 0. The first kappa shape index (κ1) is 51.1. The van der Waals surface area contributed by atoms with Crippen LogP contribution in [0.2, 0.25) is 0 Å². The predicted octanol–water partition coefficient (Wildman–Crippen LogP) is -1.72. The second-order valence-electron chi connectivity index (χ2n) is 12.3. The number of carboxylic acids is 6. The molecule has 0 radical (unpaired) electrons. The maximum atomic E-state index is 12.9. The number of hydrogen-bond acceptors (Lipinski definition) is 12. The van der Waals surface area contributed by atoms with Crippen molar-refractivity contribution in [1.29, 1.82) is 0 Å². The highest BCUT2D eigenvalue weighted by Gasteiger charge is 2.27. The van der Waals surface area contributed by atoms with Gasteiger partial charge in [-0.1, -0.05) is 5.11 Å².